The van der Waals surface area contributed by atoms with Crippen LogP contribution in [-0.2, 0) is 14.3 Å². The molecule has 1 aliphatic heterocycles. The topological polar surface area (TPSA) is 43.4 Å². The Morgan fingerprint density at radius 2 is 2.18 bits per heavy atom. The summed E-state index contributed by atoms with van der Waals surface area (Å²) in [5.41, 5.74) is 0. The van der Waals surface area contributed by atoms with Crippen LogP contribution in [-0.4, -0.2) is 17.9 Å². The van der Waals surface area contributed by atoms with E-state index < -0.39 is 0 Å². The molecule has 1 saturated heterocycles. The molecule has 0 amide bonds. The number of Topliss-reactive ketones (excluding diaryl/α,β-unsaturated/α-hetero) is 1. The van der Waals surface area contributed by atoms with Crippen molar-refractivity contribution in [1.29, 1.82) is 0 Å². The quantitative estimate of drug-likeness (QED) is 0.389. The standard InChI is InChI=1S/C8H12O3/c1-6-3-2-4-7(9)5-8(10)11-6/h6H,2-5H2,1H3. The van der Waals surface area contributed by atoms with E-state index in [9.17, 15) is 9.59 Å². The highest BCUT2D eigenvalue weighted by Gasteiger charge is 2.17. The summed E-state index contributed by atoms with van der Waals surface area (Å²) in [7, 11) is 0. The molecule has 1 fully saturated rings. The Morgan fingerprint density at radius 3 is 2.91 bits per heavy atom. The molecule has 1 unspecified atom stereocenters. The van der Waals surface area contributed by atoms with Gasteiger partial charge in [0.1, 0.15) is 12.2 Å². The van der Waals surface area contributed by atoms with Gasteiger partial charge in [-0.25, -0.2) is 0 Å². The summed E-state index contributed by atoms with van der Waals surface area (Å²) in [6.45, 7) is 1.85. The first kappa shape index (κ1) is 8.24. The Kier molecular flexibility index (Phi) is 2.63. The fourth-order valence-electron chi connectivity index (χ4n) is 1.16. The highest BCUT2D eigenvalue weighted by Crippen LogP contribution is 2.11. The van der Waals surface area contributed by atoms with Crippen molar-refractivity contribution in [1.82, 2.24) is 0 Å². The lowest BCUT2D eigenvalue weighted by atomic mass is 10.1. The third-order valence-electron chi connectivity index (χ3n) is 1.74. The fourth-order valence-corrected chi connectivity index (χ4v) is 1.16. The van der Waals surface area contributed by atoms with Crippen molar-refractivity contribution < 1.29 is 14.3 Å². The predicted octanol–water partition coefficient (Wildman–Crippen LogP) is 1.06. The molecule has 0 spiro atoms. The second-order valence-electron chi connectivity index (χ2n) is 2.91. The second kappa shape index (κ2) is 3.51. The first-order valence-electron chi connectivity index (χ1n) is 3.89. The predicted molar refractivity (Wildman–Crippen MR) is 39.0 cm³/mol. The average Bonchev–Trinajstić information content (AvgIpc) is 1.83. The maximum Gasteiger partial charge on any atom is 0.313 e. The molecule has 0 aromatic rings. The monoisotopic (exact) mass is 156 g/mol. The highest BCUT2D eigenvalue weighted by molar-refractivity contribution is 5.95. The van der Waals surface area contributed by atoms with Crippen LogP contribution in [0.3, 0.4) is 0 Å². The lowest BCUT2D eigenvalue weighted by Gasteiger charge is -2.15. The maximum absolute atomic E-state index is 10.9. The molecule has 0 bridgehead atoms. The van der Waals surface area contributed by atoms with Gasteiger partial charge in [0.25, 0.3) is 0 Å². The number of ether oxygens (including phenoxy) is 1. The third-order valence-corrected chi connectivity index (χ3v) is 1.74. The Hall–Kier alpha value is -0.860. The molecule has 0 saturated carbocycles. The van der Waals surface area contributed by atoms with Gasteiger partial charge in [0.2, 0.25) is 0 Å². The molecule has 0 radical (unpaired) electrons. The molecular formula is C8H12O3. The SMILES string of the molecule is CC1CCCC(=O)CC(=O)O1. The summed E-state index contributed by atoms with van der Waals surface area (Å²) in [4.78, 5) is 21.7. The van der Waals surface area contributed by atoms with Gasteiger partial charge in [0.05, 0.1) is 6.10 Å². The van der Waals surface area contributed by atoms with Gasteiger partial charge in [-0.3, -0.25) is 9.59 Å². The molecule has 62 valence electrons. The minimum absolute atomic E-state index is 0.00176. The van der Waals surface area contributed by atoms with Crippen molar-refractivity contribution in [2.24, 2.45) is 0 Å². The van der Waals surface area contributed by atoms with Crippen LogP contribution >= 0.6 is 0 Å². The van der Waals surface area contributed by atoms with E-state index >= 15 is 0 Å². The summed E-state index contributed by atoms with van der Waals surface area (Å²) in [5, 5.41) is 0. The Balaban J connectivity index is 2.47. The smallest absolute Gasteiger partial charge is 0.313 e. The van der Waals surface area contributed by atoms with E-state index in [1.54, 1.807) is 0 Å². The number of ketones is 1. The highest BCUT2D eigenvalue weighted by atomic mass is 16.5. The van der Waals surface area contributed by atoms with E-state index in [0.717, 1.165) is 12.8 Å². The molecule has 3 nitrogen and oxygen atoms in total. The Labute approximate surface area is 65.7 Å². The minimum atomic E-state index is -0.373. The number of hydrogen-bond donors (Lipinski definition) is 0. The van der Waals surface area contributed by atoms with Crippen LogP contribution in [0.2, 0.25) is 0 Å². The first-order chi connectivity index (χ1) is 5.18. The van der Waals surface area contributed by atoms with Gasteiger partial charge < -0.3 is 4.74 Å². The molecular weight excluding hydrogens is 144 g/mol. The van der Waals surface area contributed by atoms with Crippen LogP contribution in [0, 0.1) is 0 Å². The molecule has 0 N–H and O–H groups in total. The normalized spacial score (nSPS) is 27.2. The van der Waals surface area contributed by atoms with Gasteiger partial charge in [0, 0.05) is 6.42 Å². The first-order valence-corrected chi connectivity index (χ1v) is 3.89. The molecule has 1 atom stereocenters. The van der Waals surface area contributed by atoms with Crippen molar-refractivity contribution in [2.45, 2.75) is 38.7 Å². The summed E-state index contributed by atoms with van der Waals surface area (Å²) in [5.74, 6) is -0.371. The van der Waals surface area contributed by atoms with Crippen LogP contribution in [0.15, 0.2) is 0 Å². The van der Waals surface area contributed by atoms with E-state index in [1.807, 2.05) is 6.92 Å². The summed E-state index contributed by atoms with van der Waals surface area (Å²) in [6.07, 6.45) is 2.12. The van der Waals surface area contributed by atoms with Crippen LogP contribution in [0.4, 0.5) is 0 Å². The number of hydrogen-bond acceptors (Lipinski definition) is 3. The van der Waals surface area contributed by atoms with Gasteiger partial charge in [-0.05, 0) is 19.8 Å². The van der Waals surface area contributed by atoms with Crippen molar-refractivity contribution in [3.63, 3.8) is 0 Å². The minimum Gasteiger partial charge on any atom is -0.462 e. The van der Waals surface area contributed by atoms with Gasteiger partial charge in [-0.1, -0.05) is 0 Å². The van der Waals surface area contributed by atoms with Gasteiger partial charge in [-0.15, -0.1) is 0 Å². The molecule has 0 aliphatic carbocycles. The molecule has 3 heteroatoms. The van der Waals surface area contributed by atoms with E-state index in [2.05, 4.69) is 0 Å². The molecule has 11 heavy (non-hydrogen) atoms. The van der Waals surface area contributed by atoms with Gasteiger partial charge in [-0.2, -0.15) is 0 Å². The molecule has 1 heterocycles. The number of rotatable bonds is 0. The van der Waals surface area contributed by atoms with E-state index in [-0.39, 0.29) is 24.3 Å². The summed E-state index contributed by atoms with van der Waals surface area (Å²) < 4.78 is 4.90. The van der Waals surface area contributed by atoms with Crippen molar-refractivity contribution >= 4 is 11.8 Å². The van der Waals surface area contributed by atoms with Gasteiger partial charge >= 0.3 is 5.97 Å². The number of carbonyl (C=O) groups is 2. The number of cyclic esters (lactones) is 1. The molecule has 1 aliphatic rings. The Morgan fingerprint density at radius 1 is 1.45 bits per heavy atom. The molecule has 0 aromatic heterocycles. The number of esters is 1. The van der Waals surface area contributed by atoms with E-state index in [1.165, 1.54) is 0 Å². The zero-order valence-electron chi connectivity index (χ0n) is 6.63. The van der Waals surface area contributed by atoms with Gasteiger partial charge in [0.15, 0.2) is 0 Å². The molecule has 0 aromatic carbocycles. The van der Waals surface area contributed by atoms with Crippen LogP contribution in [0.1, 0.15) is 32.6 Å². The average molecular weight is 156 g/mol. The molecule has 1 rings (SSSR count). The fraction of sp³-hybridized carbons (Fsp3) is 0.750. The lowest BCUT2D eigenvalue weighted by molar-refractivity contribution is -0.151. The van der Waals surface area contributed by atoms with Crippen molar-refractivity contribution in [3.8, 4) is 0 Å². The lowest BCUT2D eigenvalue weighted by Crippen LogP contribution is -2.21. The zero-order chi connectivity index (χ0) is 8.27. The Bertz CT molecular complexity index is 174. The van der Waals surface area contributed by atoms with Crippen LogP contribution in [0.5, 0.6) is 0 Å². The zero-order valence-corrected chi connectivity index (χ0v) is 6.63. The van der Waals surface area contributed by atoms with Crippen molar-refractivity contribution in [3.05, 3.63) is 0 Å². The maximum atomic E-state index is 10.9. The summed E-state index contributed by atoms with van der Waals surface area (Å²) in [6, 6.07) is 0. The second-order valence-corrected chi connectivity index (χ2v) is 2.91. The van der Waals surface area contributed by atoms with Crippen LogP contribution in [0.25, 0.3) is 0 Å². The van der Waals surface area contributed by atoms with Crippen LogP contribution < -0.4 is 0 Å². The van der Waals surface area contributed by atoms with E-state index in [4.69, 9.17) is 4.74 Å². The number of carbonyl (C=O) groups excluding carboxylic acids is 2. The van der Waals surface area contributed by atoms with Crippen molar-refractivity contribution in [2.75, 3.05) is 0 Å². The van der Waals surface area contributed by atoms with E-state index in [0.29, 0.717) is 6.42 Å². The summed E-state index contributed by atoms with van der Waals surface area (Å²) >= 11 is 0. The third kappa shape index (κ3) is 2.70. The largest absolute Gasteiger partial charge is 0.462 e.